The van der Waals surface area contributed by atoms with Gasteiger partial charge in [-0.05, 0) is 13.8 Å². The zero-order valence-corrected chi connectivity index (χ0v) is 8.79. The first-order valence-corrected chi connectivity index (χ1v) is 5.02. The monoisotopic (exact) mass is 219 g/mol. The Morgan fingerprint density at radius 1 is 1.40 bits per heavy atom. The van der Waals surface area contributed by atoms with Gasteiger partial charge in [0.25, 0.3) is 0 Å². The fourth-order valence-electron chi connectivity index (χ4n) is 1.97. The summed E-state index contributed by atoms with van der Waals surface area (Å²) in [5, 5.41) is 19.3. The molecular weight excluding hydrogens is 202 g/mol. The van der Waals surface area contributed by atoms with Crippen LogP contribution in [0, 0.1) is 0 Å². The Labute approximate surface area is 87.9 Å². The van der Waals surface area contributed by atoms with E-state index in [9.17, 15) is 10.2 Å². The van der Waals surface area contributed by atoms with E-state index in [2.05, 4.69) is 0 Å². The van der Waals surface area contributed by atoms with Crippen LogP contribution in [0.1, 0.15) is 13.8 Å². The minimum absolute atomic E-state index is 0.0323. The molecule has 2 heterocycles. The molecular formula is C9H17NO5. The molecule has 6 heteroatoms. The Morgan fingerprint density at radius 2 is 2.07 bits per heavy atom. The minimum Gasteiger partial charge on any atom is -0.389 e. The average Bonchev–Trinajstić information content (AvgIpc) is 2.60. The van der Waals surface area contributed by atoms with E-state index < -0.39 is 36.5 Å². The van der Waals surface area contributed by atoms with E-state index in [1.54, 1.807) is 13.8 Å². The van der Waals surface area contributed by atoms with Crippen molar-refractivity contribution in [1.29, 1.82) is 0 Å². The molecule has 2 rings (SSSR count). The molecule has 0 bridgehead atoms. The summed E-state index contributed by atoms with van der Waals surface area (Å²) in [6.07, 6.45) is -3.72. The summed E-state index contributed by atoms with van der Waals surface area (Å²) in [7, 11) is 0. The Balaban J connectivity index is 2.05. The second kappa shape index (κ2) is 3.65. The number of aliphatic hydroxyl groups is 2. The van der Waals surface area contributed by atoms with Gasteiger partial charge < -0.3 is 30.2 Å². The standard InChI is InChI=1S/C9H17NO5/c1-9(2)14-7-5(12)6(4(11)3-10)13-8(7)15-9/h4-8,11-12H,3,10H2,1-2H3/t4?,5?,6-,7+,8-/m1/s1. The Morgan fingerprint density at radius 3 is 2.60 bits per heavy atom. The first-order chi connectivity index (χ1) is 6.94. The highest BCUT2D eigenvalue weighted by molar-refractivity contribution is 4.95. The summed E-state index contributed by atoms with van der Waals surface area (Å²) in [6.45, 7) is 3.52. The molecule has 0 aliphatic carbocycles. The van der Waals surface area contributed by atoms with Gasteiger partial charge in [-0.15, -0.1) is 0 Å². The predicted molar refractivity (Wildman–Crippen MR) is 49.8 cm³/mol. The minimum atomic E-state index is -0.907. The van der Waals surface area contributed by atoms with Crippen LogP contribution in [-0.2, 0) is 14.2 Å². The van der Waals surface area contributed by atoms with Crippen molar-refractivity contribution in [3.63, 3.8) is 0 Å². The van der Waals surface area contributed by atoms with Crippen LogP contribution < -0.4 is 5.73 Å². The van der Waals surface area contributed by atoms with Gasteiger partial charge in [0.15, 0.2) is 12.1 Å². The molecule has 0 spiro atoms. The zero-order chi connectivity index (χ0) is 11.2. The quantitative estimate of drug-likeness (QED) is 0.525. The van der Waals surface area contributed by atoms with Crippen LogP contribution in [-0.4, -0.2) is 53.3 Å². The maximum absolute atomic E-state index is 9.85. The van der Waals surface area contributed by atoms with Gasteiger partial charge in [-0.2, -0.15) is 0 Å². The number of ether oxygens (including phenoxy) is 3. The lowest BCUT2D eigenvalue weighted by atomic mass is 10.1. The lowest BCUT2D eigenvalue weighted by Gasteiger charge is -2.25. The molecule has 0 saturated carbocycles. The third-order valence-corrected chi connectivity index (χ3v) is 2.67. The first-order valence-electron chi connectivity index (χ1n) is 5.02. The molecule has 0 aromatic heterocycles. The van der Waals surface area contributed by atoms with Crippen LogP contribution in [0.15, 0.2) is 0 Å². The van der Waals surface area contributed by atoms with Crippen LogP contribution in [0.2, 0.25) is 0 Å². The van der Waals surface area contributed by atoms with Crippen molar-refractivity contribution < 1.29 is 24.4 Å². The molecule has 0 amide bonds. The molecule has 0 aromatic rings. The van der Waals surface area contributed by atoms with Crippen molar-refractivity contribution in [1.82, 2.24) is 0 Å². The van der Waals surface area contributed by atoms with Gasteiger partial charge in [-0.1, -0.05) is 0 Å². The van der Waals surface area contributed by atoms with E-state index in [0.29, 0.717) is 0 Å². The largest absolute Gasteiger partial charge is 0.389 e. The van der Waals surface area contributed by atoms with E-state index >= 15 is 0 Å². The second-order valence-electron chi connectivity index (χ2n) is 4.36. The number of aliphatic hydroxyl groups excluding tert-OH is 2. The van der Waals surface area contributed by atoms with Gasteiger partial charge in [0.05, 0.1) is 6.10 Å². The zero-order valence-electron chi connectivity index (χ0n) is 8.79. The lowest BCUT2D eigenvalue weighted by molar-refractivity contribution is -0.225. The van der Waals surface area contributed by atoms with Crippen molar-refractivity contribution in [2.45, 2.75) is 50.3 Å². The smallest absolute Gasteiger partial charge is 0.190 e. The van der Waals surface area contributed by atoms with Gasteiger partial charge in [-0.25, -0.2) is 0 Å². The summed E-state index contributed by atoms with van der Waals surface area (Å²) in [5.74, 6) is -0.755. The molecule has 2 aliphatic heterocycles. The first kappa shape index (κ1) is 11.3. The van der Waals surface area contributed by atoms with Crippen LogP contribution in [0.4, 0.5) is 0 Å². The average molecular weight is 219 g/mol. The molecule has 2 aliphatic rings. The number of fused-ring (bicyclic) bond motifs is 1. The Bertz CT molecular complexity index is 247. The van der Waals surface area contributed by atoms with Crippen LogP contribution in [0.5, 0.6) is 0 Å². The molecule has 0 radical (unpaired) electrons. The molecule has 2 fully saturated rings. The van der Waals surface area contributed by atoms with Crippen LogP contribution in [0.25, 0.3) is 0 Å². The summed E-state index contributed by atoms with van der Waals surface area (Å²) in [6, 6.07) is 0. The lowest BCUT2D eigenvalue weighted by Crippen LogP contribution is -2.43. The van der Waals surface area contributed by atoms with Gasteiger partial charge >= 0.3 is 0 Å². The number of nitrogens with two attached hydrogens (primary N) is 1. The second-order valence-corrected chi connectivity index (χ2v) is 4.36. The Kier molecular flexibility index (Phi) is 2.74. The summed E-state index contributed by atoms with van der Waals surface area (Å²) in [4.78, 5) is 0. The highest BCUT2D eigenvalue weighted by Crippen LogP contribution is 2.37. The summed E-state index contributed by atoms with van der Waals surface area (Å²) >= 11 is 0. The van der Waals surface area contributed by atoms with Crippen molar-refractivity contribution >= 4 is 0 Å². The van der Waals surface area contributed by atoms with E-state index in [0.717, 1.165) is 0 Å². The van der Waals surface area contributed by atoms with E-state index in [1.165, 1.54) is 0 Å². The molecule has 0 aromatic carbocycles. The molecule has 4 N–H and O–H groups in total. The molecule has 5 atom stereocenters. The van der Waals surface area contributed by atoms with Gasteiger partial charge in [0, 0.05) is 6.54 Å². The van der Waals surface area contributed by atoms with Gasteiger partial charge in [0.1, 0.15) is 18.3 Å². The molecule has 88 valence electrons. The van der Waals surface area contributed by atoms with Gasteiger partial charge in [-0.3, -0.25) is 0 Å². The summed E-state index contributed by atoms with van der Waals surface area (Å²) < 4.78 is 16.2. The number of hydrogen-bond acceptors (Lipinski definition) is 6. The highest BCUT2D eigenvalue weighted by Gasteiger charge is 2.55. The van der Waals surface area contributed by atoms with Crippen LogP contribution >= 0.6 is 0 Å². The van der Waals surface area contributed by atoms with E-state index in [1.807, 2.05) is 0 Å². The third kappa shape index (κ3) is 1.89. The SMILES string of the molecule is CC1(C)O[C@H]2O[C@H](C(O)CN)C(O)[C@@H]2O1. The van der Waals surface area contributed by atoms with Crippen molar-refractivity contribution in [3.8, 4) is 0 Å². The molecule has 2 saturated heterocycles. The number of rotatable bonds is 2. The molecule has 2 unspecified atom stereocenters. The Hall–Kier alpha value is -0.240. The predicted octanol–water partition coefficient (Wildman–Crippen LogP) is -1.46. The normalized spacial score (nSPS) is 45.4. The fourth-order valence-corrected chi connectivity index (χ4v) is 1.97. The maximum atomic E-state index is 9.85. The van der Waals surface area contributed by atoms with Crippen molar-refractivity contribution in [2.24, 2.45) is 5.73 Å². The highest BCUT2D eigenvalue weighted by atomic mass is 16.8. The summed E-state index contributed by atoms with van der Waals surface area (Å²) in [5.41, 5.74) is 5.29. The number of hydrogen-bond donors (Lipinski definition) is 3. The topological polar surface area (TPSA) is 94.2 Å². The van der Waals surface area contributed by atoms with E-state index in [-0.39, 0.29) is 6.54 Å². The van der Waals surface area contributed by atoms with Crippen molar-refractivity contribution in [2.75, 3.05) is 6.54 Å². The molecule has 15 heavy (non-hydrogen) atoms. The fraction of sp³-hybridized carbons (Fsp3) is 1.00. The molecule has 6 nitrogen and oxygen atoms in total. The van der Waals surface area contributed by atoms with Gasteiger partial charge in [0.2, 0.25) is 0 Å². The third-order valence-electron chi connectivity index (χ3n) is 2.67. The van der Waals surface area contributed by atoms with Crippen molar-refractivity contribution in [3.05, 3.63) is 0 Å². The van der Waals surface area contributed by atoms with Crippen LogP contribution in [0.3, 0.4) is 0 Å². The van der Waals surface area contributed by atoms with E-state index in [4.69, 9.17) is 19.9 Å². The maximum Gasteiger partial charge on any atom is 0.190 e.